The van der Waals surface area contributed by atoms with Crippen LogP contribution in [0.2, 0.25) is 5.02 Å². The summed E-state index contributed by atoms with van der Waals surface area (Å²) in [6, 6.07) is 3.16. The number of aliphatic hydroxyl groups is 1. The summed E-state index contributed by atoms with van der Waals surface area (Å²) in [5, 5.41) is 17.8. The van der Waals surface area contributed by atoms with Gasteiger partial charge in [-0.3, -0.25) is 24.2 Å². The van der Waals surface area contributed by atoms with Gasteiger partial charge in [-0.15, -0.1) is 9.24 Å². The molecule has 5 rings (SSSR count). The first kappa shape index (κ1) is 28.7. The average Bonchev–Trinajstić information content (AvgIpc) is 3.59. The third kappa shape index (κ3) is 5.95. The average molecular weight is 597 g/mol. The van der Waals surface area contributed by atoms with Crippen molar-refractivity contribution in [2.75, 3.05) is 16.8 Å². The van der Waals surface area contributed by atoms with Crippen molar-refractivity contribution in [3.8, 4) is 11.3 Å². The van der Waals surface area contributed by atoms with E-state index < -0.39 is 18.7 Å². The van der Waals surface area contributed by atoms with E-state index in [2.05, 4.69) is 39.6 Å². The standard InChI is InChI=1S/C27H27ClFN8O3P/c1-14(29)18-5-6-19(28)25(41)23(18)20-10-30-21(13-38)24(35-20)26(40)34-17-9-32-36(12-17)11-16-8-31-27(33-15(16)2)37-7-3-4-22(37)39/h5-6,8-10,12,14,38H,3-4,7,11,13,41H2,1-2H3,(H,34,40). The van der Waals surface area contributed by atoms with Gasteiger partial charge in [-0.1, -0.05) is 17.7 Å². The van der Waals surface area contributed by atoms with Crippen LogP contribution in [0.4, 0.5) is 16.0 Å². The number of hydrogen-bond acceptors (Lipinski definition) is 8. The van der Waals surface area contributed by atoms with Gasteiger partial charge in [-0.2, -0.15) is 5.10 Å². The number of alkyl halides is 1. The predicted molar refractivity (Wildman–Crippen MR) is 155 cm³/mol. The molecule has 0 bridgehead atoms. The number of carbonyl (C=O) groups is 2. The van der Waals surface area contributed by atoms with E-state index in [9.17, 15) is 19.1 Å². The summed E-state index contributed by atoms with van der Waals surface area (Å²) in [5.74, 6) is -0.211. The lowest BCUT2D eigenvalue weighted by Crippen LogP contribution is -2.26. The number of amides is 2. The van der Waals surface area contributed by atoms with Crippen LogP contribution in [0.15, 0.2) is 36.9 Å². The normalized spacial score (nSPS) is 14.0. The van der Waals surface area contributed by atoms with Gasteiger partial charge in [0.15, 0.2) is 5.69 Å². The van der Waals surface area contributed by atoms with Gasteiger partial charge < -0.3 is 10.4 Å². The van der Waals surface area contributed by atoms with Crippen molar-refractivity contribution in [3.63, 3.8) is 0 Å². The van der Waals surface area contributed by atoms with Crippen molar-refractivity contribution in [1.29, 1.82) is 0 Å². The number of aromatic nitrogens is 6. The summed E-state index contributed by atoms with van der Waals surface area (Å²) in [6.45, 7) is 3.66. The molecular weight excluding hydrogens is 570 g/mol. The molecule has 3 aromatic heterocycles. The van der Waals surface area contributed by atoms with Gasteiger partial charge in [0.1, 0.15) is 6.17 Å². The number of nitrogens with zero attached hydrogens (tertiary/aromatic N) is 7. The van der Waals surface area contributed by atoms with E-state index in [1.165, 1.54) is 19.3 Å². The molecule has 212 valence electrons. The largest absolute Gasteiger partial charge is 0.390 e. The number of benzene rings is 1. The summed E-state index contributed by atoms with van der Waals surface area (Å²) in [7, 11) is 2.48. The van der Waals surface area contributed by atoms with Crippen LogP contribution >= 0.6 is 20.8 Å². The topological polar surface area (TPSA) is 139 Å². The van der Waals surface area contributed by atoms with Gasteiger partial charge in [0.2, 0.25) is 11.9 Å². The van der Waals surface area contributed by atoms with E-state index in [-0.39, 0.29) is 23.0 Å². The Bertz CT molecular complexity index is 1650. The molecule has 0 radical (unpaired) electrons. The lowest BCUT2D eigenvalue weighted by atomic mass is 10.0. The molecule has 1 aromatic carbocycles. The molecule has 2 unspecified atom stereocenters. The van der Waals surface area contributed by atoms with Gasteiger partial charge in [0.25, 0.3) is 5.91 Å². The molecule has 1 aliphatic rings. The quantitative estimate of drug-likeness (QED) is 0.295. The molecule has 2 atom stereocenters. The van der Waals surface area contributed by atoms with Gasteiger partial charge in [-0.25, -0.2) is 19.3 Å². The summed E-state index contributed by atoms with van der Waals surface area (Å²) < 4.78 is 16.0. The van der Waals surface area contributed by atoms with Crippen LogP contribution in [0.25, 0.3) is 11.3 Å². The van der Waals surface area contributed by atoms with E-state index in [0.29, 0.717) is 58.3 Å². The molecular formula is C27H27ClFN8O3P. The van der Waals surface area contributed by atoms with Crippen LogP contribution in [0.5, 0.6) is 0 Å². The number of rotatable bonds is 8. The van der Waals surface area contributed by atoms with Crippen molar-refractivity contribution in [2.45, 2.75) is 46.0 Å². The van der Waals surface area contributed by atoms with Gasteiger partial charge >= 0.3 is 0 Å². The third-order valence-corrected chi connectivity index (χ3v) is 7.84. The first-order chi connectivity index (χ1) is 19.7. The Morgan fingerprint density at radius 2 is 2.05 bits per heavy atom. The van der Waals surface area contributed by atoms with E-state index in [1.807, 2.05) is 6.92 Å². The Hall–Kier alpha value is -3.86. The molecule has 2 amide bonds. The second-order valence-electron chi connectivity index (χ2n) is 9.56. The van der Waals surface area contributed by atoms with Crippen molar-refractivity contribution in [3.05, 3.63) is 70.2 Å². The highest BCUT2D eigenvalue weighted by molar-refractivity contribution is 7.28. The number of halogens is 2. The van der Waals surface area contributed by atoms with Crippen molar-refractivity contribution < 1.29 is 19.1 Å². The van der Waals surface area contributed by atoms with Crippen LogP contribution in [0, 0.1) is 6.92 Å². The molecule has 4 heterocycles. The zero-order valence-corrected chi connectivity index (χ0v) is 24.2. The zero-order valence-electron chi connectivity index (χ0n) is 22.3. The smallest absolute Gasteiger partial charge is 0.276 e. The van der Waals surface area contributed by atoms with Gasteiger partial charge in [0.05, 0.1) is 42.6 Å². The highest BCUT2D eigenvalue weighted by Crippen LogP contribution is 2.32. The number of aryl methyl sites for hydroxylation is 1. The summed E-state index contributed by atoms with van der Waals surface area (Å²) in [4.78, 5) is 44.3. The molecule has 14 heteroatoms. The molecule has 0 spiro atoms. The van der Waals surface area contributed by atoms with Crippen LogP contribution in [-0.4, -0.2) is 53.2 Å². The minimum Gasteiger partial charge on any atom is -0.390 e. The number of nitrogens with one attached hydrogen (secondary N) is 1. The molecule has 0 aliphatic carbocycles. The molecule has 1 fully saturated rings. The van der Waals surface area contributed by atoms with Crippen LogP contribution in [0.1, 0.15) is 58.9 Å². The maximum atomic E-state index is 14.4. The molecule has 4 aromatic rings. The molecule has 11 nitrogen and oxygen atoms in total. The fourth-order valence-electron chi connectivity index (χ4n) is 4.56. The Morgan fingerprint density at radius 1 is 1.24 bits per heavy atom. The maximum absolute atomic E-state index is 14.4. The molecule has 41 heavy (non-hydrogen) atoms. The minimum atomic E-state index is -1.32. The van der Waals surface area contributed by atoms with E-state index in [4.69, 9.17) is 11.6 Å². The predicted octanol–water partition coefficient (Wildman–Crippen LogP) is 3.54. The van der Waals surface area contributed by atoms with E-state index in [0.717, 1.165) is 12.0 Å². The van der Waals surface area contributed by atoms with Gasteiger partial charge in [-0.05, 0) is 37.2 Å². The lowest BCUT2D eigenvalue weighted by molar-refractivity contribution is -0.117. The first-order valence-corrected chi connectivity index (χ1v) is 13.8. The van der Waals surface area contributed by atoms with E-state index in [1.54, 1.807) is 34.1 Å². The minimum absolute atomic E-state index is 0.0168. The molecule has 0 saturated carbocycles. The van der Waals surface area contributed by atoms with Crippen molar-refractivity contribution >= 4 is 49.6 Å². The Morgan fingerprint density at radius 3 is 2.73 bits per heavy atom. The molecule has 1 aliphatic heterocycles. The van der Waals surface area contributed by atoms with Gasteiger partial charge in [0, 0.05) is 47.2 Å². The van der Waals surface area contributed by atoms with Crippen molar-refractivity contribution in [2.24, 2.45) is 0 Å². The highest BCUT2D eigenvalue weighted by Gasteiger charge is 2.25. The first-order valence-electron chi connectivity index (χ1n) is 12.8. The van der Waals surface area contributed by atoms with Crippen LogP contribution in [-0.2, 0) is 17.9 Å². The monoisotopic (exact) mass is 596 g/mol. The number of anilines is 2. The second kappa shape index (κ2) is 11.9. The SMILES string of the molecule is Cc1nc(N2CCCC2=O)ncc1Cn1cc(NC(=O)c2nc(-c3c(C(C)F)ccc(Cl)c3P)cnc2CO)cn1. The Kier molecular flexibility index (Phi) is 8.35. The van der Waals surface area contributed by atoms with Crippen molar-refractivity contribution in [1.82, 2.24) is 29.7 Å². The second-order valence-corrected chi connectivity index (χ2v) is 10.5. The van der Waals surface area contributed by atoms with Crippen LogP contribution < -0.4 is 15.5 Å². The third-order valence-electron chi connectivity index (χ3n) is 6.73. The highest BCUT2D eigenvalue weighted by atomic mass is 35.5. The zero-order chi connectivity index (χ0) is 29.3. The summed E-state index contributed by atoms with van der Waals surface area (Å²) >= 11 is 6.28. The lowest BCUT2D eigenvalue weighted by Gasteiger charge is -2.16. The summed E-state index contributed by atoms with van der Waals surface area (Å²) in [6.07, 6.45) is 6.11. The maximum Gasteiger partial charge on any atom is 0.276 e. The molecule has 1 saturated heterocycles. The number of carbonyl (C=O) groups excluding carboxylic acids is 2. The van der Waals surface area contributed by atoms with Crippen LogP contribution in [0.3, 0.4) is 0 Å². The Labute approximate surface area is 242 Å². The Balaban J connectivity index is 1.36. The summed E-state index contributed by atoms with van der Waals surface area (Å²) in [5.41, 5.74) is 2.84. The molecule has 2 N–H and O–H groups in total. The number of aliphatic hydroxyl groups excluding tert-OH is 1. The fraction of sp³-hybridized carbons (Fsp3) is 0.296. The van der Waals surface area contributed by atoms with E-state index >= 15 is 0 Å². The number of hydrogen-bond donors (Lipinski definition) is 2. The fourth-order valence-corrected chi connectivity index (χ4v) is 5.13.